The Morgan fingerprint density at radius 1 is 1.34 bits per heavy atom. The van der Waals surface area contributed by atoms with Gasteiger partial charge in [-0.15, -0.1) is 11.8 Å². The van der Waals surface area contributed by atoms with E-state index >= 15 is 0 Å². The van der Waals surface area contributed by atoms with Crippen LogP contribution in [0.4, 0.5) is 11.8 Å². The molecule has 170 valence electrons. The number of rotatable bonds is 9. The molecule has 4 fully saturated rings. The average Bonchev–Trinajstić information content (AvgIpc) is 2.80. The van der Waals surface area contributed by atoms with Gasteiger partial charge in [-0.1, -0.05) is 12.7 Å². The minimum atomic E-state index is 0.274. The van der Waals surface area contributed by atoms with Crippen molar-refractivity contribution in [3.8, 4) is 6.07 Å². The van der Waals surface area contributed by atoms with E-state index in [1.54, 1.807) is 30.2 Å². The van der Waals surface area contributed by atoms with E-state index in [4.69, 9.17) is 11.5 Å². The van der Waals surface area contributed by atoms with Crippen molar-refractivity contribution in [3.63, 3.8) is 0 Å². The van der Waals surface area contributed by atoms with Crippen LogP contribution in [-0.2, 0) is 0 Å². The number of allylic oxidation sites excluding steroid dienone is 2. The third-order valence-corrected chi connectivity index (χ3v) is 8.29. The lowest BCUT2D eigenvalue weighted by Gasteiger charge is -2.59. The minimum absolute atomic E-state index is 0.274. The molecule has 32 heavy (non-hydrogen) atoms. The van der Waals surface area contributed by atoms with Crippen LogP contribution in [0.15, 0.2) is 41.6 Å². The summed E-state index contributed by atoms with van der Waals surface area (Å²) >= 11 is 1.60. The van der Waals surface area contributed by atoms with Crippen LogP contribution in [0.5, 0.6) is 0 Å². The summed E-state index contributed by atoms with van der Waals surface area (Å²) in [6.07, 6.45) is 15.0. The lowest BCUT2D eigenvalue weighted by Crippen LogP contribution is -2.58. The fourth-order valence-electron chi connectivity index (χ4n) is 6.22. The Morgan fingerprint density at radius 3 is 2.72 bits per heavy atom. The molecule has 6 N–H and O–H groups in total. The third kappa shape index (κ3) is 4.50. The van der Waals surface area contributed by atoms with Crippen LogP contribution in [0.25, 0.3) is 0 Å². The van der Waals surface area contributed by atoms with Crippen LogP contribution in [0.1, 0.15) is 37.7 Å². The topological polar surface area (TPSA) is 126 Å². The first-order valence-corrected chi connectivity index (χ1v) is 12.5. The molecule has 4 aliphatic carbocycles. The fourth-order valence-corrected chi connectivity index (χ4v) is 6.85. The minimum Gasteiger partial charge on any atom is -0.404 e. The van der Waals surface area contributed by atoms with Crippen molar-refractivity contribution in [3.05, 3.63) is 47.2 Å². The molecule has 0 aliphatic heterocycles. The van der Waals surface area contributed by atoms with Crippen LogP contribution in [0.3, 0.4) is 0 Å². The lowest BCUT2D eigenvalue weighted by molar-refractivity contribution is -0.0591. The molecule has 5 atom stereocenters. The average molecular weight is 452 g/mol. The first-order chi connectivity index (χ1) is 15.5. The number of nitriles is 1. The fraction of sp³-hybridized carbons (Fsp3) is 0.542. The van der Waals surface area contributed by atoms with Crippen LogP contribution < -0.4 is 22.1 Å². The molecule has 0 aromatic carbocycles. The predicted molar refractivity (Wildman–Crippen MR) is 132 cm³/mol. The summed E-state index contributed by atoms with van der Waals surface area (Å²) in [6.45, 7) is 5.07. The van der Waals surface area contributed by atoms with Gasteiger partial charge in [-0.3, -0.25) is 0 Å². The predicted octanol–water partition coefficient (Wildman–Crippen LogP) is 3.60. The number of nitrogens with one attached hydrogen (secondary N) is 2. The second-order valence-electron chi connectivity index (χ2n) is 9.48. The van der Waals surface area contributed by atoms with Crippen LogP contribution in [0, 0.1) is 34.5 Å². The zero-order chi connectivity index (χ0) is 22.7. The number of nitrogens with zero attached hydrogens (tertiary/aromatic N) is 3. The molecule has 7 nitrogen and oxygen atoms in total. The monoisotopic (exact) mass is 451 g/mol. The van der Waals surface area contributed by atoms with Gasteiger partial charge in [0.25, 0.3) is 0 Å². The lowest BCUT2D eigenvalue weighted by atomic mass is 9.48. The van der Waals surface area contributed by atoms with Gasteiger partial charge in [0.2, 0.25) is 5.95 Å². The quantitative estimate of drug-likeness (QED) is 0.420. The van der Waals surface area contributed by atoms with Crippen molar-refractivity contribution in [1.29, 1.82) is 5.26 Å². The normalized spacial score (nSPS) is 31.3. The Hall–Kier alpha value is -2.50. The van der Waals surface area contributed by atoms with E-state index in [0.29, 0.717) is 41.8 Å². The summed E-state index contributed by atoms with van der Waals surface area (Å²) in [5.74, 6) is 3.17. The molecule has 5 rings (SSSR count). The molecule has 0 saturated heterocycles. The van der Waals surface area contributed by atoms with Crippen molar-refractivity contribution in [2.75, 3.05) is 30.0 Å². The van der Waals surface area contributed by atoms with Crippen LogP contribution >= 0.6 is 11.8 Å². The molecule has 0 radical (unpaired) electrons. The summed E-state index contributed by atoms with van der Waals surface area (Å²) in [6, 6.07) is 2.59. The number of aromatic nitrogens is 2. The Bertz CT molecular complexity index is 948. The van der Waals surface area contributed by atoms with Gasteiger partial charge in [0.05, 0.1) is 6.20 Å². The van der Waals surface area contributed by atoms with Crippen LogP contribution in [0.2, 0.25) is 0 Å². The van der Waals surface area contributed by atoms with E-state index in [0.717, 1.165) is 22.9 Å². The van der Waals surface area contributed by atoms with Gasteiger partial charge < -0.3 is 22.1 Å². The Morgan fingerprint density at radius 2 is 2.09 bits per heavy atom. The molecule has 1 aromatic rings. The van der Waals surface area contributed by atoms with Gasteiger partial charge in [0.15, 0.2) is 0 Å². The highest BCUT2D eigenvalue weighted by molar-refractivity contribution is 8.02. The Labute approximate surface area is 194 Å². The molecule has 4 saturated carbocycles. The standard InChI is InChI=1S/C24H33N7S/c1-3-4-20(32-2)18(10-25)12-28-23-29-13-19(11-26)22(31-23)30-14-24-7-15-5-16(8-24)21(27)17(6-15)9-24/h3-4,10,13,15-17,21H,1,5-9,12,14,25,27H2,2H3,(H2,28,29,30,31)/b18-10-,20-4+/t15?,16-,17+,21?,24?. The van der Waals surface area contributed by atoms with Crippen molar-refractivity contribution < 1.29 is 0 Å². The zero-order valence-corrected chi connectivity index (χ0v) is 19.5. The van der Waals surface area contributed by atoms with Crippen molar-refractivity contribution >= 4 is 23.5 Å². The maximum Gasteiger partial charge on any atom is 0.224 e. The summed E-state index contributed by atoms with van der Waals surface area (Å²) in [7, 11) is 0. The summed E-state index contributed by atoms with van der Waals surface area (Å²) in [4.78, 5) is 9.96. The zero-order valence-electron chi connectivity index (χ0n) is 18.7. The van der Waals surface area contributed by atoms with E-state index in [9.17, 15) is 5.26 Å². The maximum absolute atomic E-state index is 9.57. The molecular weight excluding hydrogens is 418 g/mol. The molecule has 0 spiro atoms. The number of hydrogen-bond acceptors (Lipinski definition) is 8. The molecule has 1 heterocycles. The van der Waals surface area contributed by atoms with Gasteiger partial charge in [-0.2, -0.15) is 10.2 Å². The van der Waals surface area contributed by atoms with Gasteiger partial charge >= 0.3 is 0 Å². The van der Waals surface area contributed by atoms with Gasteiger partial charge in [-0.25, -0.2) is 4.98 Å². The molecule has 3 unspecified atom stereocenters. The number of anilines is 2. The number of nitrogens with two attached hydrogens (primary N) is 2. The van der Waals surface area contributed by atoms with E-state index in [1.807, 2.05) is 12.3 Å². The largest absolute Gasteiger partial charge is 0.404 e. The smallest absolute Gasteiger partial charge is 0.224 e. The van der Waals surface area contributed by atoms with Crippen molar-refractivity contribution in [2.24, 2.45) is 34.6 Å². The molecular formula is C24H33N7S. The summed E-state index contributed by atoms with van der Waals surface area (Å²) < 4.78 is 0. The van der Waals surface area contributed by atoms with E-state index in [-0.39, 0.29) is 5.41 Å². The SMILES string of the molecule is C=C/C=C(SC)\C(=C/N)CNc1ncc(C#N)c(NCC23CC4C[C@H](C2)C(N)[C@@H](C4)C3)n1. The Balaban J connectivity index is 1.45. The van der Waals surface area contributed by atoms with Gasteiger partial charge in [0, 0.05) is 29.6 Å². The van der Waals surface area contributed by atoms with E-state index in [1.165, 1.54) is 32.1 Å². The molecule has 0 amide bonds. The van der Waals surface area contributed by atoms with Gasteiger partial charge in [-0.05, 0) is 73.8 Å². The first-order valence-electron chi connectivity index (χ1n) is 11.3. The van der Waals surface area contributed by atoms with E-state index < -0.39 is 0 Å². The number of thioether (sulfide) groups is 1. The van der Waals surface area contributed by atoms with Gasteiger partial charge in [0.1, 0.15) is 17.5 Å². The van der Waals surface area contributed by atoms with Crippen molar-refractivity contribution in [1.82, 2.24) is 9.97 Å². The second kappa shape index (κ2) is 9.55. The summed E-state index contributed by atoms with van der Waals surface area (Å²) in [5, 5.41) is 16.3. The summed E-state index contributed by atoms with van der Waals surface area (Å²) in [5.41, 5.74) is 14.0. The first kappa shape index (κ1) is 22.7. The highest BCUT2D eigenvalue weighted by atomic mass is 32.2. The Kier molecular flexibility index (Phi) is 6.77. The molecule has 4 aliphatic rings. The van der Waals surface area contributed by atoms with Crippen LogP contribution in [-0.4, -0.2) is 35.4 Å². The van der Waals surface area contributed by atoms with Crippen molar-refractivity contribution in [2.45, 2.75) is 38.1 Å². The highest BCUT2D eigenvalue weighted by Crippen LogP contribution is 2.59. The van der Waals surface area contributed by atoms with E-state index in [2.05, 4.69) is 33.2 Å². The number of hydrogen-bond donors (Lipinski definition) is 4. The molecule has 8 heteroatoms. The highest BCUT2D eigenvalue weighted by Gasteiger charge is 2.54. The second-order valence-corrected chi connectivity index (χ2v) is 10.3. The molecule has 4 bridgehead atoms. The maximum atomic E-state index is 9.57. The molecule has 1 aromatic heterocycles. The third-order valence-electron chi connectivity index (χ3n) is 7.46.